The van der Waals surface area contributed by atoms with Crippen LogP contribution >= 0.6 is 0 Å². The van der Waals surface area contributed by atoms with E-state index in [1.165, 1.54) is 11.8 Å². The van der Waals surface area contributed by atoms with E-state index in [-0.39, 0.29) is 29.4 Å². The Morgan fingerprint density at radius 3 is 2.11 bits per heavy atom. The molecule has 0 saturated carbocycles. The zero-order chi connectivity index (χ0) is 25.4. The third-order valence-corrected chi connectivity index (χ3v) is 7.54. The lowest BCUT2D eigenvalue weighted by Crippen LogP contribution is -2.51. The van der Waals surface area contributed by atoms with Crippen molar-refractivity contribution in [3.63, 3.8) is 0 Å². The third kappa shape index (κ3) is 3.38. The Balaban J connectivity index is 1.65. The van der Waals surface area contributed by atoms with Crippen molar-refractivity contribution in [2.75, 3.05) is 9.80 Å². The lowest BCUT2D eigenvalue weighted by Gasteiger charge is -2.39. The summed E-state index contributed by atoms with van der Waals surface area (Å²) >= 11 is 0. The van der Waals surface area contributed by atoms with Crippen molar-refractivity contribution < 1.29 is 19.2 Å². The Kier molecular flexibility index (Phi) is 5.13. The number of hydrogen-bond acceptors (Lipinski definition) is 5. The van der Waals surface area contributed by atoms with Gasteiger partial charge in [0.25, 0.3) is 0 Å². The number of anilines is 2. The van der Waals surface area contributed by atoms with Gasteiger partial charge in [-0.05, 0) is 62.7 Å². The second-order valence-corrected chi connectivity index (χ2v) is 11.0. The predicted octanol–water partition coefficient (Wildman–Crippen LogP) is 4.59. The van der Waals surface area contributed by atoms with Crippen molar-refractivity contribution in [1.82, 2.24) is 0 Å². The topological polar surface area (TPSA) is 74.8 Å². The first-order chi connectivity index (χ1) is 16.4. The average Bonchev–Trinajstić information content (AvgIpc) is 3.25. The number of amides is 2. The van der Waals surface area contributed by atoms with Gasteiger partial charge in [-0.3, -0.25) is 19.2 Å². The molecule has 3 heterocycles. The first kappa shape index (κ1) is 23.2. The van der Waals surface area contributed by atoms with Crippen LogP contribution in [-0.2, 0) is 14.4 Å². The Bertz CT molecular complexity index is 1320. The predicted molar refractivity (Wildman–Crippen MR) is 135 cm³/mol. The monoisotopic (exact) mass is 470 g/mol. The third-order valence-electron chi connectivity index (χ3n) is 7.54. The van der Waals surface area contributed by atoms with Gasteiger partial charge in [0.2, 0.25) is 11.8 Å². The van der Waals surface area contributed by atoms with E-state index in [2.05, 4.69) is 6.07 Å². The molecular weight excluding hydrogens is 440 g/mol. The number of hydrogen-bond donors (Lipinski definition) is 0. The van der Waals surface area contributed by atoms with Crippen LogP contribution in [0.5, 0.6) is 0 Å². The van der Waals surface area contributed by atoms with Gasteiger partial charge in [0.1, 0.15) is 6.04 Å². The minimum Gasteiger partial charge on any atom is -0.353 e. The second-order valence-electron chi connectivity index (χ2n) is 11.0. The summed E-state index contributed by atoms with van der Waals surface area (Å²) in [5.41, 5.74) is 4.33. The molecule has 3 aliphatic heterocycles. The van der Waals surface area contributed by atoms with Crippen molar-refractivity contribution >= 4 is 40.3 Å². The van der Waals surface area contributed by atoms with Crippen LogP contribution in [0.2, 0.25) is 0 Å². The van der Waals surface area contributed by atoms with E-state index >= 15 is 0 Å². The van der Waals surface area contributed by atoms with Crippen LogP contribution in [0.25, 0.3) is 5.57 Å². The average molecular weight is 471 g/mol. The highest BCUT2D eigenvalue weighted by Crippen LogP contribution is 2.51. The summed E-state index contributed by atoms with van der Waals surface area (Å²) in [6.45, 7) is 11.1. The number of rotatable bonds is 3. The van der Waals surface area contributed by atoms with Crippen LogP contribution < -0.4 is 9.80 Å². The number of carbonyl (C=O) groups is 4. The summed E-state index contributed by atoms with van der Waals surface area (Å²) in [6.07, 6.45) is 2.04. The maximum Gasteiger partial charge on any atom is 0.240 e. The van der Waals surface area contributed by atoms with E-state index in [1.54, 1.807) is 24.3 Å². The smallest absolute Gasteiger partial charge is 0.240 e. The molecule has 0 aliphatic carbocycles. The first-order valence-corrected chi connectivity index (χ1v) is 12.0. The fourth-order valence-electron chi connectivity index (χ4n) is 5.80. The minimum atomic E-state index is -0.775. The maximum atomic E-state index is 13.9. The van der Waals surface area contributed by atoms with E-state index in [0.29, 0.717) is 11.3 Å². The molecule has 6 nitrogen and oxygen atoms in total. The molecule has 0 N–H and O–H groups in total. The molecule has 3 aliphatic rings. The number of allylic oxidation sites excluding steroid dienone is 1. The zero-order valence-corrected chi connectivity index (χ0v) is 21.0. The summed E-state index contributed by atoms with van der Waals surface area (Å²) in [5, 5.41) is 0. The highest BCUT2D eigenvalue weighted by atomic mass is 16.2. The second kappa shape index (κ2) is 7.74. The number of benzene rings is 2. The molecular formula is C29H30N2O4. The number of imide groups is 1. The highest BCUT2D eigenvalue weighted by Gasteiger charge is 2.65. The first-order valence-electron chi connectivity index (χ1n) is 12.0. The molecule has 6 heteroatoms. The molecule has 0 radical (unpaired) electrons. The molecule has 2 aromatic carbocycles. The van der Waals surface area contributed by atoms with Crippen molar-refractivity contribution in [2.45, 2.75) is 53.6 Å². The van der Waals surface area contributed by atoms with Crippen LogP contribution in [0.4, 0.5) is 11.4 Å². The van der Waals surface area contributed by atoms with Crippen LogP contribution in [-0.4, -0.2) is 35.5 Å². The van der Waals surface area contributed by atoms with E-state index < -0.39 is 23.3 Å². The molecule has 35 heavy (non-hydrogen) atoms. The molecule has 4 atom stereocenters. The van der Waals surface area contributed by atoms with Crippen LogP contribution in [0, 0.1) is 24.2 Å². The van der Waals surface area contributed by atoms with Crippen molar-refractivity contribution in [2.24, 2.45) is 17.3 Å². The molecule has 180 valence electrons. The van der Waals surface area contributed by atoms with E-state index in [0.717, 1.165) is 22.4 Å². The minimum absolute atomic E-state index is 0.0515. The maximum absolute atomic E-state index is 13.9. The molecule has 2 aromatic rings. The fraction of sp³-hybridized carbons (Fsp3) is 0.379. The Labute approximate surface area is 205 Å². The van der Waals surface area contributed by atoms with Crippen molar-refractivity contribution in [3.05, 3.63) is 65.2 Å². The summed E-state index contributed by atoms with van der Waals surface area (Å²) in [6, 6.07) is 11.5. The summed E-state index contributed by atoms with van der Waals surface area (Å²) in [7, 11) is 0. The Hall–Kier alpha value is -3.54. The van der Waals surface area contributed by atoms with E-state index in [4.69, 9.17) is 0 Å². The molecule has 0 unspecified atom stereocenters. The number of nitrogens with zero attached hydrogens (tertiary/aromatic N) is 2. The SMILES string of the molecule is CC(=O)c1ccc(N2C(=O)[C@H]3[C@H](C2=O)[C@@H]2C=C(C)c4cc(C)ccc4N2[C@@H]3C(=O)C(C)(C)C)cc1. The fourth-order valence-corrected chi connectivity index (χ4v) is 5.80. The molecule has 0 bridgehead atoms. The molecule has 5 rings (SSSR count). The Morgan fingerprint density at radius 1 is 0.886 bits per heavy atom. The zero-order valence-electron chi connectivity index (χ0n) is 21.0. The van der Waals surface area contributed by atoms with Gasteiger partial charge in [-0.15, -0.1) is 0 Å². The van der Waals surface area contributed by atoms with Gasteiger partial charge in [0.05, 0.1) is 23.6 Å². The van der Waals surface area contributed by atoms with Crippen molar-refractivity contribution in [3.8, 4) is 0 Å². The van der Waals surface area contributed by atoms with Crippen LogP contribution in [0.3, 0.4) is 0 Å². The van der Waals surface area contributed by atoms with Crippen LogP contribution in [0.1, 0.15) is 56.1 Å². The van der Waals surface area contributed by atoms with Crippen molar-refractivity contribution in [1.29, 1.82) is 0 Å². The quantitative estimate of drug-likeness (QED) is 0.484. The van der Waals surface area contributed by atoms with Gasteiger partial charge in [0, 0.05) is 22.2 Å². The molecule has 2 saturated heterocycles. The standard InChI is InChI=1S/C29H30N2O4/c1-15-7-12-21-20(13-15)16(2)14-22-23-24(25(31(21)22)26(33)29(4,5)6)28(35)30(27(23)34)19-10-8-18(9-11-19)17(3)32/h7-14,22-25H,1-6H3/t22-,23+,24-,25-/m0/s1. The van der Waals surface area contributed by atoms with Gasteiger partial charge >= 0.3 is 0 Å². The molecule has 2 fully saturated rings. The molecule has 0 aromatic heterocycles. The number of ketones is 2. The van der Waals surface area contributed by atoms with Gasteiger partial charge < -0.3 is 4.90 Å². The van der Waals surface area contributed by atoms with E-state index in [1.807, 2.05) is 57.7 Å². The number of carbonyl (C=O) groups excluding carboxylic acids is 4. The number of fused-ring (bicyclic) bond motifs is 5. The lowest BCUT2D eigenvalue weighted by molar-refractivity contribution is -0.132. The Morgan fingerprint density at radius 2 is 1.51 bits per heavy atom. The van der Waals surface area contributed by atoms with Gasteiger partial charge in [-0.2, -0.15) is 0 Å². The van der Waals surface area contributed by atoms with Crippen LogP contribution in [0.15, 0.2) is 48.5 Å². The molecule has 2 amide bonds. The largest absolute Gasteiger partial charge is 0.353 e. The normalized spacial score (nSPS) is 25.3. The number of aryl methyl sites for hydroxylation is 1. The summed E-state index contributed by atoms with van der Waals surface area (Å²) in [4.78, 5) is 56.5. The highest BCUT2D eigenvalue weighted by molar-refractivity contribution is 6.25. The summed E-state index contributed by atoms with van der Waals surface area (Å²) in [5.74, 6) is -2.22. The lowest BCUT2D eigenvalue weighted by atomic mass is 9.79. The van der Waals surface area contributed by atoms with E-state index in [9.17, 15) is 19.2 Å². The molecule has 0 spiro atoms. The van der Waals surface area contributed by atoms with Gasteiger partial charge in [0.15, 0.2) is 11.6 Å². The number of Topliss-reactive ketones (excluding diaryl/α,β-unsaturated/α-hetero) is 2. The summed E-state index contributed by atoms with van der Waals surface area (Å²) < 4.78 is 0. The van der Waals surface area contributed by atoms with Gasteiger partial charge in [-0.25, -0.2) is 4.90 Å². The van der Waals surface area contributed by atoms with Gasteiger partial charge in [-0.1, -0.05) is 38.5 Å².